The highest BCUT2D eigenvalue weighted by molar-refractivity contribution is 5.09. The van der Waals surface area contributed by atoms with Crippen LogP contribution in [-0.2, 0) is 0 Å². The van der Waals surface area contributed by atoms with Gasteiger partial charge in [0.05, 0.1) is 6.10 Å². The van der Waals surface area contributed by atoms with E-state index >= 15 is 0 Å². The Bertz CT molecular complexity index is 465. The Labute approximate surface area is 148 Å². The van der Waals surface area contributed by atoms with E-state index in [4.69, 9.17) is 5.73 Å². The molecule has 3 aliphatic carbocycles. The van der Waals surface area contributed by atoms with Gasteiger partial charge >= 0.3 is 0 Å². The van der Waals surface area contributed by atoms with E-state index in [0.29, 0.717) is 22.7 Å². The zero-order chi connectivity index (χ0) is 17.8. The normalized spacial score (nSPS) is 51.4. The Morgan fingerprint density at radius 2 is 1.62 bits per heavy atom. The fourth-order valence-corrected chi connectivity index (χ4v) is 7.10. The van der Waals surface area contributed by atoms with E-state index in [0.717, 1.165) is 31.7 Å². The minimum absolute atomic E-state index is 0.131. The molecule has 0 aromatic heterocycles. The molecule has 0 bridgehead atoms. The lowest BCUT2D eigenvalue weighted by molar-refractivity contribution is -0.110. The zero-order valence-corrected chi connectivity index (χ0v) is 16.2. The maximum absolute atomic E-state index is 10.1. The first-order valence-corrected chi connectivity index (χ1v) is 10.2. The molecule has 3 fully saturated rings. The first kappa shape index (κ1) is 18.7. The molecule has 0 aromatic carbocycles. The number of hydrogen-bond acceptors (Lipinski definition) is 3. The summed E-state index contributed by atoms with van der Waals surface area (Å²) in [6, 6.07) is 0. The van der Waals surface area contributed by atoms with Gasteiger partial charge in [0, 0.05) is 6.61 Å². The zero-order valence-electron chi connectivity index (χ0n) is 16.2. The summed E-state index contributed by atoms with van der Waals surface area (Å²) >= 11 is 0. The first-order chi connectivity index (χ1) is 11.2. The predicted octanol–water partition coefficient (Wildman–Crippen LogP) is 3.57. The van der Waals surface area contributed by atoms with Crippen molar-refractivity contribution in [3.63, 3.8) is 0 Å². The molecular weight excluding hydrogens is 298 g/mol. The molecule has 3 heteroatoms. The first-order valence-electron chi connectivity index (χ1n) is 10.2. The lowest BCUT2D eigenvalue weighted by Crippen LogP contribution is -2.54. The van der Waals surface area contributed by atoms with Gasteiger partial charge in [0.25, 0.3) is 0 Å². The van der Waals surface area contributed by atoms with Gasteiger partial charge in [-0.1, -0.05) is 27.7 Å². The summed E-state index contributed by atoms with van der Waals surface area (Å²) in [5.41, 5.74) is 7.32. The monoisotopic (exact) mass is 337 g/mol. The number of nitrogens with two attached hydrogens (primary N) is 1. The van der Waals surface area contributed by atoms with Crippen LogP contribution in [0.5, 0.6) is 0 Å². The molecule has 0 saturated heterocycles. The summed E-state index contributed by atoms with van der Waals surface area (Å²) in [4.78, 5) is 0. The second-order valence-electron chi connectivity index (χ2n) is 10.3. The van der Waals surface area contributed by atoms with Crippen LogP contribution in [0.3, 0.4) is 0 Å². The quantitative estimate of drug-likeness (QED) is 0.737. The molecule has 0 radical (unpaired) electrons. The molecular formula is C21H39NO2. The van der Waals surface area contributed by atoms with Crippen molar-refractivity contribution in [3.8, 4) is 0 Å². The third-order valence-electron chi connectivity index (χ3n) is 9.30. The highest BCUT2D eigenvalue weighted by atomic mass is 16.3. The smallest absolute Gasteiger partial charge is 0.0544 e. The highest BCUT2D eigenvalue weighted by Gasteiger charge is 2.60. The van der Waals surface area contributed by atoms with Crippen molar-refractivity contribution in [2.75, 3.05) is 13.2 Å². The summed E-state index contributed by atoms with van der Waals surface area (Å²) in [6.07, 6.45) is 7.60. The fraction of sp³-hybridized carbons (Fsp3) is 1.00. The molecule has 140 valence electrons. The predicted molar refractivity (Wildman–Crippen MR) is 98.4 cm³/mol. The number of aliphatic hydroxyl groups excluding tert-OH is 2. The Hall–Kier alpha value is -0.120. The average Bonchev–Trinajstić information content (AvgIpc) is 2.79. The van der Waals surface area contributed by atoms with Crippen molar-refractivity contribution in [2.24, 2.45) is 45.7 Å². The highest BCUT2D eigenvalue weighted by Crippen LogP contribution is 2.67. The number of rotatable bonds is 3. The number of aliphatic hydroxyl groups is 2. The van der Waals surface area contributed by atoms with Crippen LogP contribution in [-0.4, -0.2) is 29.5 Å². The van der Waals surface area contributed by atoms with Crippen LogP contribution in [0.2, 0.25) is 0 Å². The second-order valence-corrected chi connectivity index (χ2v) is 10.3. The molecule has 3 nitrogen and oxygen atoms in total. The van der Waals surface area contributed by atoms with Gasteiger partial charge < -0.3 is 15.9 Å². The third-order valence-corrected chi connectivity index (χ3v) is 9.30. The fourth-order valence-electron chi connectivity index (χ4n) is 7.10. The van der Waals surface area contributed by atoms with E-state index in [1.807, 2.05) is 0 Å². The molecule has 3 saturated carbocycles. The van der Waals surface area contributed by atoms with Gasteiger partial charge in [0.1, 0.15) is 0 Å². The van der Waals surface area contributed by atoms with Crippen molar-refractivity contribution in [1.82, 2.24) is 0 Å². The molecule has 0 aliphatic heterocycles. The molecule has 7 atom stereocenters. The maximum atomic E-state index is 10.1. The largest absolute Gasteiger partial charge is 0.396 e. The van der Waals surface area contributed by atoms with Gasteiger partial charge in [0.15, 0.2) is 0 Å². The van der Waals surface area contributed by atoms with E-state index < -0.39 is 0 Å². The lowest BCUT2D eigenvalue weighted by atomic mass is 9.47. The number of hydrogen-bond donors (Lipinski definition) is 3. The second kappa shape index (κ2) is 6.25. The summed E-state index contributed by atoms with van der Waals surface area (Å²) in [5, 5.41) is 20.1. The van der Waals surface area contributed by atoms with Gasteiger partial charge in [-0.3, -0.25) is 0 Å². The van der Waals surface area contributed by atoms with Gasteiger partial charge in [-0.25, -0.2) is 0 Å². The van der Waals surface area contributed by atoms with E-state index in [-0.39, 0.29) is 24.0 Å². The average molecular weight is 338 g/mol. The van der Waals surface area contributed by atoms with Crippen molar-refractivity contribution in [1.29, 1.82) is 0 Å². The minimum Gasteiger partial charge on any atom is -0.396 e. The van der Waals surface area contributed by atoms with Crippen LogP contribution in [0.4, 0.5) is 0 Å². The van der Waals surface area contributed by atoms with Crippen molar-refractivity contribution in [2.45, 2.75) is 78.7 Å². The number of fused-ring (bicyclic) bond motifs is 1. The molecule has 0 heterocycles. The van der Waals surface area contributed by atoms with Gasteiger partial charge in [-0.15, -0.1) is 0 Å². The lowest BCUT2D eigenvalue weighted by Gasteiger charge is -2.58. The Kier molecular flexibility index (Phi) is 4.86. The molecule has 0 aromatic rings. The molecule has 3 rings (SSSR count). The maximum Gasteiger partial charge on any atom is 0.0544 e. The van der Waals surface area contributed by atoms with E-state index in [1.165, 1.54) is 25.7 Å². The topological polar surface area (TPSA) is 66.5 Å². The molecule has 0 amide bonds. The van der Waals surface area contributed by atoms with Gasteiger partial charge in [-0.05, 0) is 91.4 Å². The summed E-state index contributed by atoms with van der Waals surface area (Å²) < 4.78 is 0. The summed E-state index contributed by atoms with van der Waals surface area (Å²) in [7, 11) is 0. The van der Waals surface area contributed by atoms with Crippen LogP contribution in [0.15, 0.2) is 0 Å². The van der Waals surface area contributed by atoms with Crippen LogP contribution in [0.25, 0.3) is 0 Å². The standard InChI is InChI=1S/C21H39NO2/c1-19(2)8-6-18-16(12-22)17(7-10-21(18,19)4)20(3)9-5-15(24)11-14(20)13-23/h14-18,23-24H,5-13,22H2,1-4H3/t14-,15+,16-,17?,18?,20+,21+/m1/s1. The van der Waals surface area contributed by atoms with Gasteiger partial charge in [0.2, 0.25) is 0 Å². The SMILES string of the molecule is CC1(C)CCC2[C@H](CN)C([C@@]3(C)CC[C@H](O)C[C@@H]3CO)CC[C@@]21C. The Morgan fingerprint density at radius 3 is 2.25 bits per heavy atom. The minimum atomic E-state index is -0.231. The van der Waals surface area contributed by atoms with Crippen LogP contribution < -0.4 is 5.73 Å². The molecule has 24 heavy (non-hydrogen) atoms. The van der Waals surface area contributed by atoms with E-state index in [1.54, 1.807) is 0 Å². The Balaban J connectivity index is 1.90. The molecule has 3 aliphatic rings. The van der Waals surface area contributed by atoms with Crippen molar-refractivity contribution < 1.29 is 10.2 Å². The van der Waals surface area contributed by atoms with Crippen LogP contribution >= 0.6 is 0 Å². The van der Waals surface area contributed by atoms with E-state index in [9.17, 15) is 10.2 Å². The van der Waals surface area contributed by atoms with Crippen molar-refractivity contribution >= 4 is 0 Å². The Morgan fingerprint density at radius 1 is 0.958 bits per heavy atom. The molecule has 0 spiro atoms. The van der Waals surface area contributed by atoms with E-state index in [2.05, 4.69) is 27.7 Å². The molecule has 4 N–H and O–H groups in total. The molecule has 2 unspecified atom stereocenters. The van der Waals surface area contributed by atoms with Crippen molar-refractivity contribution in [3.05, 3.63) is 0 Å². The summed E-state index contributed by atoms with van der Waals surface area (Å²) in [5.74, 6) is 2.11. The van der Waals surface area contributed by atoms with Crippen LogP contribution in [0, 0.1) is 39.9 Å². The van der Waals surface area contributed by atoms with Crippen LogP contribution in [0.1, 0.15) is 72.6 Å². The summed E-state index contributed by atoms with van der Waals surface area (Å²) in [6.45, 7) is 10.8. The third kappa shape index (κ3) is 2.57. The van der Waals surface area contributed by atoms with Gasteiger partial charge in [-0.2, -0.15) is 0 Å².